The van der Waals surface area contributed by atoms with Crippen molar-refractivity contribution in [2.45, 2.75) is 18.2 Å². The van der Waals surface area contributed by atoms with Crippen LogP contribution in [0.1, 0.15) is 12.0 Å². The molecule has 0 spiro atoms. The molecular weight excluding hydrogens is 340 g/mol. The first-order chi connectivity index (χ1) is 13.2. The van der Waals surface area contributed by atoms with Crippen molar-refractivity contribution in [2.24, 2.45) is 0 Å². The quantitative estimate of drug-likeness (QED) is 0.828. The number of likely N-dealkylation sites (N-methyl/N-ethyl adjacent to an activating group) is 2. The molecule has 2 heterocycles. The van der Waals surface area contributed by atoms with Crippen LogP contribution in [0.4, 0.5) is 0 Å². The smallest absolute Gasteiger partial charge is 0.251 e. The van der Waals surface area contributed by atoms with Crippen molar-refractivity contribution in [3.05, 3.63) is 64.8 Å². The van der Waals surface area contributed by atoms with Gasteiger partial charge in [0.1, 0.15) is 0 Å². The zero-order valence-electron chi connectivity index (χ0n) is 15.9. The van der Waals surface area contributed by atoms with Gasteiger partial charge in [0.05, 0.1) is 19.3 Å². The van der Waals surface area contributed by atoms with Crippen LogP contribution in [0.25, 0.3) is 5.57 Å². The zero-order valence-corrected chi connectivity index (χ0v) is 15.9. The van der Waals surface area contributed by atoms with Crippen molar-refractivity contribution in [1.82, 2.24) is 10.2 Å². The van der Waals surface area contributed by atoms with Gasteiger partial charge < -0.3 is 19.7 Å². The lowest BCUT2D eigenvalue weighted by atomic mass is 9.90. The third-order valence-corrected chi connectivity index (χ3v) is 5.57. The van der Waals surface area contributed by atoms with Crippen LogP contribution in [0, 0.1) is 0 Å². The third-order valence-electron chi connectivity index (χ3n) is 5.57. The average molecular weight is 366 g/mol. The number of ether oxygens (including phenoxy) is 2. The zero-order chi connectivity index (χ0) is 18.9. The molecule has 3 aliphatic rings. The number of carbonyl (C=O) groups excluding carboxylic acids is 1. The van der Waals surface area contributed by atoms with Crippen LogP contribution in [-0.2, 0) is 14.3 Å². The standard InChI is InChI=1S/C22H26N2O3/c1-23-21-12-17-14-24(2)9-8-18(17)19(16-6-4-3-5-7-16)13-20(21)22(15-25)26-10-11-27-22/h3-7,12-13,15,21,23H,8-11,14H2,1-2H3. The molecule has 5 heteroatoms. The topological polar surface area (TPSA) is 50.8 Å². The Labute approximate surface area is 160 Å². The normalized spacial score (nSPS) is 25.5. The van der Waals surface area contributed by atoms with Crippen LogP contribution in [0.15, 0.2) is 59.2 Å². The summed E-state index contributed by atoms with van der Waals surface area (Å²) >= 11 is 0. The van der Waals surface area contributed by atoms with E-state index in [0.717, 1.165) is 42.5 Å². The first-order valence-electron chi connectivity index (χ1n) is 9.48. The van der Waals surface area contributed by atoms with Crippen molar-refractivity contribution in [3.8, 4) is 0 Å². The van der Waals surface area contributed by atoms with Gasteiger partial charge in [0.25, 0.3) is 5.79 Å². The minimum atomic E-state index is -1.31. The number of piperidine rings is 1. The van der Waals surface area contributed by atoms with Gasteiger partial charge >= 0.3 is 0 Å². The van der Waals surface area contributed by atoms with E-state index in [0.29, 0.717) is 13.2 Å². The maximum absolute atomic E-state index is 12.0. The fourth-order valence-electron chi connectivity index (χ4n) is 4.18. The molecule has 142 valence electrons. The second-order valence-corrected chi connectivity index (χ2v) is 7.29. The van der Waals surface area contributed by atoms with Gasteiger partial charge in [-0.05, 0) is 48.9 Å². The lowest BCUT2D eigenvalue weighted by Gasteiger charge is -2.29. The number of allylic oxidation sites excluding steroid dienone is 2. The first kappa shape index (κ1) is 18.3. The summed E-state index contributed by atoms with van der Waals surface area (Å²) in [5, 5.41) is 3.34. The molecule has 1 aromatic carbocycles. The molecule has 0 saturated carbocycles. The summed E-state index contributed by atoms with van der Waals surface area (Å²) in [4.78, 5) is 14.4. The number of rotatable bonds is 4. The van der Waals surface area contributed by atoms with Crippen LogP contribution in [-0.4, -0.2) is 63.4 Å². The van der Waals surface area contributed by atoms with E-state index in [1.54, 1.807) is 0 Å². The van der Waals surface area contributed by atoms with Crippen molar-refractivity contribution in [2.75, 3.05) is 40.4 Å². The van der Waals surface area contributed by atoms with Gasteiger partial charge in [-0.2, -0.15) is 0 Å². The Kier molecular flexibility index (Phi) is 5.10. The van der Waals surface area contributed by atoms with Crippen LogP contribution >= 0.6 is 0 Å². The van der Waals surface area contributed by atoms with Gasteiger partial charge in [-0.1, -0.05) is 36.4 Å². The summed E-state index contributed by atoms with van der Waals surface area (Å²) in [5.74, 6) is -1.31. The van der Waals surface area contributed by atoms with Crippen molar-refractivity contribution in [1.29, 1.82) is 0 Å². The monoisotopic (exact) mass is 366 g/mol. The van der Waals surface area contributed by atoms with E-state index in [1.165, 1.54) is 11.1 Å². The molecule has 1 aliphatic carbocycles. The largest absolute Gasteiger partial charge is 0.338 e. The molecule has 0 bridgehead atoms. The molecule has 0 aromatic heterocycles. The van der Waals surface area contributed by atoms with Gasteiger partial charge in [-0.3, -0.25) is 4.79 Å². The van der Waals surface area contributed by atoms with Gasteiger partial charge in [0.2, 0.25) is 0 Å². The van der Waals surface area contributed by atoms with E-state index < -0.39 is 5.79 Å². The number of nitrogens with zero attached hydrogens (tertiary/aromatic N) is 1. The maximum Gasteiger partial charge on any atom is 0.251 e. The van der Waals surface area contributed by atoms with Crippen LogP contribution < -0.4 is 5.32 Å². The van der Waals surface area contributed by atoms with E-state index in [9.17, 15) is 4.79 Å². The second-order valence-electron chi connectivity index (χ2n) is 7.29. The van der Waals surface area contributed by atoms with E-state index in [4.69, 9.17) is 9.47 Å². The highest BCUT2D eigenvalue weighted by Crippen LogP contribution is 2.39. The number of carbonyl (C=O) groups is 1. The molecule has 27 heavy (non-hydrogen) atoms. The number of likely N-dealkylation sites (tertiary alicyclic amines) is 1. The summed E-state index contributed by atoms with van der Waals surface area (Å²) in [5.41, 5.74) is 5.76. The van der Waals surface area contributed by atoms with Gasteiger partial charge in [-0.25, -0.2) is 0 Å². The number of aldehydes is 1. The van der Waals surface area contributed by atoms with E-state index >= 15 is 0 Å². The summed E-state index contributed by atoms with van der Waals surface area (Å²) in [7, 11) is 4.05. The molecule has 1 aromatic rings. The minimum absolute atomic E-state index is 0.133. The summed E-state index contributed by atoms with van der Waals surface area (Å²) in [6.07, 6.45) is 6.11. The Morgan fingerprint density at radius 3 is 2.63 bits per heavy atom. The highest BCUT2D eigenvalue weighted by molar-refractivity contribution is 5.84. The highest BCUT2D eigenvalue weighted by atomic mass is 16.7. The predicted molar refractivity (Wildman–Crippen MR) is 105 cm³/mol. The fraction of sp³-hybridized carbons (Fsp3) is 0.409. The van der Waals surface area contributed by atoms with Gasteiger partial charge in [-0.15, -0.1) is 0 Å². The SMILES string of the molecule is CNC1C=C2CN(C)CCC2=C(c2ccccc2)C=C1C1(C=O)OCCO1. The van der Waals surface area contributed by atoms with Gasteiger partial charge in [0, 0.05) is 18.7 Å². The lowest BCUT2D eigenvalue weighted by molar-refractivity contribution is -0.154. The summed E-state index contributed by atoms with van der Waals surface area (Å²) in [6.45, 7) is 2.75. The second kappa shape index (κ2) is 7.52. The molecule has 0 radical (unpaired) electrons. The number of nitrogens with one attached hydrogen (secondary N) is 1. The van der Waals surface area contributed by atoms with Crippen molar-refractivity contribution < 1.29 is 14.3 Å². The average Bonchev–Trinajstić information content (AvgIpc) is 3.12. The van der Waals surface area contributed by atoms with Gasteiger partial charge in [0.15, 0.2) is 6.29 Å². The van der Waals surface area contributed by atoms with Crippen molar-refractivity contribution >= 4 is 11.9 Å². The summed E-state index contributed by atoms with van der Waals surface area (Å²) in [6, 6.07) is 10.2. The Morgan fingerprint density at radius 2 is 1.96 bits per heavy atom. The maximum atomic E-state index is 12.0. The van der Waals surface area contributed by atoms with Crippen LogP contribution in [0.2, 0.25) is 0 Å². The molecule has 2 fully saturated rings. The van der Waals surface area contributed by atoms with E-state index in [2.05, 4.69) is 41.5 Å². The molecule has 2 aliphatic heterocycles. The summed E-state index contributed by atoms with van der Waals surface area (Å²) < 4.78 is 11.6. The molecule has 4 rings (SSSR count). The highest BCUT2D eigenvalue weighted by Gasteiger charge is 2.44. The Hall–Kier alpha value is -2.05. The Bertz CT molecular complexity index is 804. The number of hydrogen-bond donors (Lipinski definition) is 1. The molecule has 5 nitrogen and oxygen atoms in total. The van der Waals surface area contributed by atoms with Crippen molar-refractivity contribution in [3.63, 3.8) is 0 Å². The first-order valence-corrected chi connectivity index (χ1v) is 9.48. The molecule has 0 amide bonds. The predicted octanol–water partition coefficient (Wildman–Crippen LogP) is 2.17. The molecule has 1 N–H and O–H groups in total. The van der Waals surface area contributed by atoms with E-state index in [-0.39, 0.29) is 6.04 Å². The number of fused-ring (bicyclic) bond motifs is 1. The molecule has 1 atom stereocenters. The number of benzene rings is 1. The molecular formula is C22H26N2O3. The fourth-order valence-corrected chi connectivity index (χ4v) is 4.18. The minimum Gasteiger partial charge on any atom is -0.338 e. The van der Waals surface area contributed by atoms with E-state index in [1.807, 2.05) is 25.2 Å². The number of hydrogen-bond acceptors (Lipinski definition) is 5. The third kappa shape index (κ3) is 3.32. The Balaban J connectivity index is 1.92. The Morgan fingerprint density at radius 1 is 1.22 bits per heavy atom. The molecule has 2 saturated heterocycles. The lowest BCUT2D eigenvalue weighted by Crippen LogP contribution is -2.43. The van der Waals surface area contributed by atoms with Crippen LogP contribution in [0.5, 0.6) is 0 Å². The molecule has 1 unspecified atom stereocenters. The van der Waals surface area contributed by atoms with Crippen LogP contribution in [0.3, 0.4) is 0 Å².